The van der Waals surface area contributed by atoms with Gasteiger partial charge >= 0.3 is 0 Å². The summed E-state index contributed by atoms with van der Waals surface area (Å²) in [5.41, 5.74) is 2.15. The first-order valence-electron chi connectivity index (χ1n) is 6.60. The van der Waals surface area contributed by atoms with E-state index in [-0.39, 0.29) is 5.69 Å². The zero-order valence-electron chi connectivity index (χ0n) is 11.7. The number of hydrogen-bond acceptors (Lipinski definition) is 4. The van der Waals surface area contributed by atoms with Gasteiger partial charge in [-0.3, -0.25) is 15.1 Å². The fraction of sp³-hybridized carbons (Fsp3) is 0.0588. The normalized spacial score (nSPS) is 11.3. The summed E-state index contributed by atoms with van der Waals surface area (Å²) in [6.07, 6.45) is 3.47. The molecular formula is C17H13N3O2. The van der Waals surface area contributed by atoms with Crippen LogP contribution in [0.2, 0.25) is 0 Å². The SMILES string of the molecule is N#CC(/C=C/c1ccccc1)=NCc1ccc([N+](=O)[O-])cc1. The fourth-order valence-corrected chi connectivity index (χ4v) is 1.76. The van der Waals surface area contributed by atoms with Crippen LogP contribution in [0.3, 0.4) is 0 Å². The van der Waals surface area contributed by atoms with E-state index in [0.717, 1.165) is 11.1 Å². The molecule has 0 unspecified atom stereocenters. The summed E-state index contributed by atoms with van der Waals surface area (Å²) in [4.78, 5) is 14.3. The lowest BCUT2D eigenvalue weighted by Gasteiger charge is -1.97. The molecule has 108 valence electrons. The maximum Gasteiger partial charge on any atom is 0.269 e. The molecule has 2 aromatic carbocycles. The van der Waals surface area contributed by atoms with Gasteiger partial charge in [0.15, 0.2) is 0 Å². The molecule has 0 radical (unpaired) electrons. The summed E-state index contributed by atoms with van der Waals surface area (Å²) in [7, 11) is 0. The van der Waals surface area contributed by atoms with Gasteiger partial charge in [0, 0.05) is 12.1 Å². The van der Waals surface area contributed by atoms with Crippen molar-refractivity contribution in [1.82, 2.24) is 0 Å². The van der Waals surface area contributed by atoms with Crippen LogP contribution in [0.15, 0.2) is 65.7 Å². The molecular weight excluding hydrogens is 278 g/mol. The molecule has 5 nitrogen and oxygen atoms in total. The Labute approximate surface area is 128 Å². The van der Waals surface area contributed by atoms with Crippen LogP contribution in [0.4, 0.5) is 5.69 Å². The summed E-state index contributed by atoms with van der Waals surface area (Å²) in [5.74, 6) is 0. The number of nitro benzene ring substituents is 1. The van der Waals surface area contributed by atoms with Crippen molar-refractivity contribution in [2.75, 3.05) is 0 Å². The van der Waals surface area contributed by atoms with Crippen molar-refractivity contribution in [3.63, 3.8) is 0 Å². The largest absolute Gasteiger partial charge is 0.269 e. The number of hydrogen-bond donors (Lipinski definition) is 0. The Kier molecular flexibility index (Phi) is 5.16. The first-order valence-corrected chi connectivity index (χ1v) is 6.60. The van der Waals surface area contributed by atoms with E-state index >= 15 is 0 Å². The molecule has 0 fully saturated rings. The number of aliphatic imine (C=N–C) groups is 1. The fourth-order valence-electron chi connectivity index (χ4n) is 1.76. The molecule has 0 aliphatic carbocycles. The Bertz CT molecular complexity index is 742. The molecule has 0 heterocycles. The Hall–Kier alpha value is -3.26. The third-order valence-electron chi connectivity index (χ3n) is 2.93. The van der Waals surface area contributed by atoms with E-state index in [2.05, 4.69) is 4.99 Å². The zero-order valence-corrected chi connectivity index (χ0v) is 11.7. The highest BCUT2D eigenvalue weighted by atomic mass is 16.6. The molecule has 0 aromatic heterocycles. The third kappa shape index (κ3) is 4.39. The number of rotatable bonds is 5. The molecule has 2 rings (SSSR count). The van der Waals surface area contributed by atoms with Gasteiger partial charge in [0.05, 0.1) is 11.5 Å². The molecule has 0 bridgehead atoms. The summed E-state index contributed by atoms with van der Waals surface area (Å²) in [6, 6.07) is 17.8. The van der Waals surface area contributed by atoms with Crippen molar-refractivity contribution in [1.29, 1.82) is 5.26 Å². The summed E-state index contributed by atoms with van der Waals surface area (Å²) >= 11 is 0. The average Bonchev–Trinajstić information content (AvgIpc) is 2.56. The second-order valence-electron chi connectivity index (χ2n) is 4.48. The number of nitrogens with zero attached hydrogens (tertiary/aromatic N) is 3. The number of benzene rings is 2. The lowest BCUT2D eigenvalue weighted by molar-refractivity contribution is -0.384. The highest BCUT2D eigenvalue weighted by molar-refractivity contribution is 6.09. The molecule has 0 spiro atoms. The first-order chi connectivity index (χ1) is 10.7. The maximum absolute atomic E-state index is 10.6. The summed E-state index contributed by atoms with van der Waals surface area (Å²) in [5, 5.41) is 19.6. The zero-order chi connectivity index (χ0) is 15.8. The van der Waals surface area contributed by atoms with Crippen LogP contribution in [0, 0.1) is 21.4 Å². The van der Waals surface area contributed by atoms with Crippen LogP contribution in [-0.4, -0.2) is 10.6 Å². The molecule has 0 aliphatic rings. The highest BCUT2D eigenvalue weighted by Crippen LogP contribution is 2.12. The minimum absolute atomic E-state index is 0.0391. The number of nitriles is 1. The van der Waals surface area contributed by atoms with Crippen molar-refractivity contribution < 1.29 is 4.92 Å². The number of non-ortho nitro benzene ring substituents is 1. The van der Waals surface area contributed by atoms with Crippen LogP contribution in [-0.2, 0) is 6.54 Å². The summed E-state index contributed by atoms with van der Waals surface area (Å²) in [6.45, 7) is 0.306. The van der Waals surface area contributed by atoms with Crippen LogP contribution in [0.5, 0.6) is 0 Å². The predicted molar refractivity (Wildman–Crippen MR) is 85.3 cm³/mol. The minimum Gasteiger partial charge on any atom is -0.269 e. The Balaban J connectivity index is 2.05. The quantitative estimate of drug-likeness (QED) is 0.477. The Morgan fingerprint density at radius 1 is 1.18 bits per heavy atom. The Morgan fingerprint density at radius 3 is 2.45 bits per heavy atom. The second kappa shape index (κ2) is 7.50. The van der Waals surface area contributed by atoms with Gasteiger partial charge in [0.25, 0.3) is 5.69 Å². The van der Waals surface area contributed by atoms with Gasteiger partial charge in [0.1, 0.15) is 11.8 Å². The molecule has 0 atom stereocenters. The molecule has 2 aromatic rings. The molecule has 0 amide bonds. The van der Waals surface area contributed by atoms with E-state index < -0.39 is 4.92 Å². The van der Waals surface area contributed by atoms with Crippen molar-refractivity contribution in [3.05, 3.63) is 81.9 Å². The van der Waals surface area contributed by atoms with E-state index in [0.29, 0.717) is 12.3 Å². The van der Waals surface area contributed by atoms with E-state index in [9.17, 15) is 10.1 Å². The lowest BCUT2D eigenvalue weighted by Crippen LogP contribution is -1.92. The van der Waals surface area contributed by atoms with E-state index in [1.54, 1.807) is 18.2 Å². The van der Waals surface area contributed by atoms with Crippen molar-refractivity contribution >= 4 is 17.5 Å². The van der Waals surface area contributed by atoms with Gasteiger partial charge in [-0.25, -0.2) is 0 Å². The van der Waals surface area contributed by atoms with Crippen molar-refractivity contribution in [2.24, 2.45) is 4.99 Å². The molecule has 0 aliphatic heterocycles. The third-order valence-corrected chi connectivity index (χ3v) is 2.93. The van der Waals surface area contributed by atoms with Gasteiger partial charge < -0.3 is 0 Å². The molecule has 0 saturated carbocycles. The van der Waals surface area contributed by atoms with Gasteiger partial charge in [0.2, 0.25) is 0 Å². The number of allylic oxidation sites excluding steroid dienone is 1. The van der Waals surface area contributed by atoms with Crippen molar-refractivity contribution in [2.45, 2.75) is 6.54 Å². The van der Waals surface area contributed by atoms with Crippen molar-refractivity contribution in [3.8, 4) is 6.07 Å². The summed E-state index contributed by atoms with van der Waals surface area (Å²) < 4.78 is 0. The molecule has 22 heavy (non-hydrogen) atoms. The molecule has 0 N–H and O–H groups in total. The monoisotopic (exact) mass is 291 g/mol. The van der Waals surface area contributed by atoms with Gasteiger partial charge in [-0.15, -0.1) is 0 Å². The number of nitro groups is 1. The molecule has 0 saturated heterocycles. The standard InChI is InChI=1S/C17H13N3O2/c18-12-16(9-6-14-4-2-1-3-5-14)19-13-15-7-10-17(11-8-15)20(21)22/h1-11H,13H2/b9-6+,19-16?. The average molecular weight is 291 g/mol. The van der Waals surface area contributed by atoms with E-state index in [4.69, 9.17) is 5.26 Å². The Morgan fingerprint density at radius 2 is 1.86 bits per heavy atom. The van der Waals surface area contributed by atoms with Gasteiger partial charge in [-0.05, 0) is 17.2 Å². The first kappa shape index (κ1) is 15.1. The second-order valence-corrected chi connectivity index (χ2v) is 4.48. The van der Waals surface area contributed by atoms with E-state index in [1.165, 1.54) is 12.1 Å². The predicted octanol–water partition coefficient (Wildman–Crippen LogP) is 3.77. The topological polar surface area (TPSA) is 79.3 Å². The van der Waals surface area contributed by atoms with Crippen LogP contribution in [0.25, 0.3) is 6.08 Å². The van der Waals surface area contributed by atoms with E-state index in [1.807, 2.05) is 42.5 Å². The molecule has 5 heteroatoms. The maximum atomic E-state index is 10.6. The lowest BCUT2D eigenvalue weighted by atomic mass is 10.2. The van der Waals surface area contributed by atoms with Gasteiger partial charge in [-0.2, -0.15) is 5.26 Å². The van der Waals surface area contributed by atoms with Crippen LogP contribution in [0.1, 0.15) is 11.1 Å². The van der Waals surface area contributed by atoms with Gasteiger partial charge in [-0.1, -0.05) is 48.5 Å². The van der Waals surface area contributed by atoms with Crippen LogP contribution >= 0.6 is 0 Å². The highest BCUT2D eigenvalue weighted by Gasteiger charge is 2.03. The minimum atomic E-state index is -0.448. The smallest absolute Gasteiger partial charge is 0.269 e. The van der Waals surface area contributed by atoms with Crippen LogP contribution < -0.4 is 0 Å².